The molecule has 1 fully saturated rings. The lowest BCUT2D eigenvalue weighted by Crippen LogP contribution is -2.28. The van der Waals surface area contributed by atoms with Crippen LogP contribution >= 0.6 is 12.4 Å². The van der Waals surface area contributed by atoms with Gasteiger partial charge in [-0.05, 0) is 69.3 Å². The molecule has 2 heterocycles. The topological polar surface area (TPSA) is 125 Å². The summed E-state index contributed by atoms with van der Waals surface area (Å²) in [6.07, 6.45) is 6.80. The van der Waals surface area contributed by atoms with Crippen molar-refractivity contribution in [3.05, 3.63) is 59.7 Å². The van der Waals surface area contributed by atoms with Crippen LogP contribution in [0.5, 0.6) is 17.2 Å². The maximum atomic E-state index is 12.9. The van der Waals surface area contributed by atoms with Gasteiger partial charge in [-0.15, -0.1) is 22.6 Å². The third-order valence-corrected chi connectivity index (χ3v) is 6.95. The van der Waals surface area contributed by atoms with Gasteiger partial charge in [-0.25, -0.2) is 4.99 Å². The fraction of sp³-hybridized carbons (Fsp3) is 0.448. The highest BCUT2D eigenvalue weighted by Crippen LogP contribution is 2.34. The van der Waals surface area contributed by atoms with Crippen LogP contribution in [0, 0.1) is 5.92 Å². The molecule has 1 aliphatic heterocycles. The minimum atomic E-state index is -0.368. The molecule has 0 unspecified atom stereocenters. The zero-order chi connectivity index (χ0) is 27.8. The summed E-state index contributed by atoms with van der Waals surface area (Å²) in [4.78, 5) is 18.9. The van der Waals surface area contributed by atoms with E-state index in [2.05, 4.69) is 32.6 Å². The number of aromatic hydroxyl groups is 2. The molecule has 1 aromatic heterocycles. The van der Waals surface area contributed by atoms with Gasteiger partial charge in [0.1, 0.15) is 12.1 Å². The fourth-order valence-electron chi connectivity index (χ4n) is 4.69. The van der Waals surface area contributed by atoms with Gasteiger partial charge in [0.25, 0.3) is 11.8 Å². The van der Waals surface area contributed by atoms with Gasteiger partial charge in [-0.1, -0.05) is 25.5 Å². The van der Waals surface area contributed by atoms with E-state index in [1.165, 1.54) is 29.4 Å². The Morgan fingerprint density at radius 3 is 2.55 bits per heavy atom. The second-order valence-corrected chi connectivity index (χ2v) is 9.89. The van der Waals surface area contributed by atoms with Gasteiger partial charge in [0.2, 0.25) is 5.82 Å². The van der Waals surface area contributed by atoms with Gasteiger partial charge in [-0.3, -0.25) is 9.36 Å². The first kappa shape index (κ1) is 30.9. The van der Waals surface area contributed by atoms with Crippen LogP contribution in [-0.2, 0) is 6.42 Å². The first-order chi connectivity index (χ1) is 18.9. The molecule has 3 aromatic rings. The number of unbranched alkanes of at least 4 members (excludes halogenated alkanes) is 1. The lowest BCUT2D eigenvalue weighted by atomic mass is 9.91. The van der Waals surface area contributed by atoms with Crippen LogP contribution in [0.3, 0.4) is 0 Å². The number of nitrogens with one attached hydrogen (secondary N) is 1. The molecule has 0 radical (unpaired) electrons. The Balaban J connectivity index is 0.00000441. The van der Waals surface area contributed by atoms with Crippen LogP contribution in [0.4, 0.5) is 0 Å². The molecule has 11 heteroatoms. The number of ether oxygens (including phenoxy) is 1. The van der Waals surface area contributed by atoms with E-state index in [-0.39, 0.29) is 47.0 Å². The molecule has 1 saturated heterocycles. The predicted molar refractivity (Wildman–Crippen MR) is 157 cm³/mol. The number of carbonyl (C=O) groups excluding carboxylic acids is 1. The van der Waals surface area contributed by atoms with Crippen LogP contribution in [0.1, 0.15) is 61.3 Å². The van der Waals surface area contributed by atoms with Crippen molar-refractivity contribution in [3.8, 4) is 22.9 Å². The van der Waals surface area contributed by atoms with E-state index < -0.39 is 0 Å². The second-order valence-electron chi connectivity index (χ2n) is 9.89. The number of aromatic nitrogens is 3. The minimum Gasteiger partial charge on any atom is -0.507 e. The second kappa shape index (κ2) is 14.7. The van der Waals surface area contributed by atoms with Gasteiger partial charge < -0.3 is 25.2 Å². The van der Waals surface area contributed by atoms with Crippen molar-refractivity contribution in [2.75, 3.05) is 33.2 Å². The van der Waals surface area contributed by atoms with Crippen LogP contribution in [0.15, 0.2) is 47.7 Å². The number of phenolic OH excluding ortho intramolecular Hbond substituents is 2. The van der Waals surface area contributed by atoms with Gasteiger partial charge in [0.15, 0.2) is 11.5 Å². The Hall–Kier alpha value is -3.63. The third-order valence-electron chi connectivity index (χ3n) is 6.95. The lowest BCUT2D eigenvalue weighted by molar-refractivity contribution is 0.0790. The summed E-state index contributed by atoms with van der Waals surface area (Å²) >= 11 is 0. The number of phenols is 2. The molecule has 0 spiro atoms. The Morgan fingerprint density at radius 1 is 1.15 bits per heavy atom. The molecule has 0 aliphatic carbocycles. The number of nitrogens with zero attached hydrogens (tertiary/aromatic N) is 5. The molecule has 40 heavy (non-hydrogen) atoms. The summed E-state index contributed by atoms with van der Waals surface area (Å²) < 4.78 is 7.78. The number of rotatable bonds is 10. The average molecular weight is 571 g/mol. The zero-order valence-corrected chi connectivity index (χ0v) is 24.2. The molecular weight excluding hydrogens is 532 g/mol. The van der Waals surface area contributed by atoms with Crippen molar-refractivity contribution >= 4 is 24.2 Å². The van der Waals surface area contributed by atoms with Crippen LogP contribution in [0.2, 0.25) is 0 Å². The first-order valence-electron chi connectivity index (χ1n) is 13.6. The number of hydrogen-bond donors (Lipinski definition) is 3. The van der Waals surface area contributed by atoms with E-state index in [1.807, 2.05) is 26.0 Å². The Labute approximate surface area is 241 Å². The summed E-state index contributed by atoms with van der Waals surface area (Å²) in [7, 11) is 1.68. The van der Waals surface area contributed by atoms with E-state index in [0.717, 1.165) is 44.1 Å². The summed E-state index contributed by atoms with van der Waals surface area (Å²) in [6.45, 7) is 6.99. The standard InChI is InChI=1S/C29H38N6O4.ClH/c1-4-6-15-34(3)29(38)23-17-26(25(37)18-24(23)36)39-28(31-5-2)27-33-32-19-35(27)22-9-7-20(8-10-22)16-21-11-13-30-14-12-21;/h7-10,17-19,21,30,36-37H,4-6,11-16H2,1-3H3;1H. The quantitative estimate of drug-likeness (QED) is 0.244. The summed E-state index contributed by atoms with van der Waals surface area (Å²) in [6, 6.07) is 10.7. The largest absolute Gasteiger partial charge is 0.507 e. The number of piperidine rings is 1. The highest BCUT2D eigenvalue weighted by atomic mass is 35.5. The number of hydrogen-bond acceptors (Lipinski definition) is 8. The molecule has 1 amide bonds. The molecule has 10 nitrogen and oxygen atoms in total. The fourth-order valence-corrected chi connectivity index (χ4v) is 4.69. The Morgan fingerprint density at radius 2 is 1.88 bits per heavy atom. The highest BCUT2D eigenvalue weighted by molar-refractivity contribution is 5.98. The van der Waals surface area contributed by atoms with Crippen LogP contribution in [0.25, 0.3) is 5.69 Å². The van der Waals surface area contributed by atoms with Gasteiger partial charge in [0.05, 0.1) is 5.56 Å². The smallest absolute Gasteiger partial charge is 0.261 e. The molecule has 0 bridgehead atoms. The van der Waals surface area contributed by atoms with Crippen molar-refractivity contribution in [2.24, 2.45) is 10.9 Å². The Kier molecular flexibility index (Phi) is 11.3. The number of aliphatic imine (C=N–C) groups is 1. The van der Waals surface area contributed by atoms with E-state index in [1.54, 1.807) is 17.9 Å². The number of amides is 1. The van der Waals surface area contributed by atoms with E-state index in [4.69, 9.17) is 4.74 Å². The molecule has 0 atom stereocenters. The van der Waals surface area contributed by atoms with Gasteiger partial charge in [-0.2, -0.15) is 0 Å². The molecular formula is C29H39ClN6O4. The molecule has 3 N–H and O–H groups in total. The number of halogens is 1. The summed E-state index contributed by atoms with van der Waals surface area (Å²) in [5.41, 5.74) is 2.16. The molecule has 1 aliphatic rings. The normalized spacial score (nSPS) is 14.0. The van der Waals surface area contributed by atoms with Crippen LogP contribution < -0.4 is 10.1 Å². The van der Waals surface area contributed by atoms with Crippen molar-refractivity contribution in [1.82, 2.24) is 25.0 Å². The van der Waals surface area contributed by atoms with Crippen molar-refractivity contribution in [2.45, 2.75) is 46.0 Å². The van der Waals surface area contributed by atoms with E-state index in [9.17, 15) is 15.0 Å². The highest BCUT2D eigenvalue weighted by Gasteiger charge is 2.23. The molecule has 216 valence electrons. The van der Waals surface area contributed by atoms with Crippen LogP contribution in [-0.4, -0.2) is 74.9 Å². The zero-order valence-electron chi connectivity index (χ0n) is 23.3. The van der Waals surface area contributed by atoms with E-state index in [0.29, 0.717) is 24.8 Å². The average Bonchev–Trinajstić information content (AvgIpc) is 3.43. The van der Waals surface area contributed by atoms with Crippen molar-refractivity contribution < 1.29 is 19.7 Å². The van der Waals surface area contributed by atoms with E-state index >= 15 is 0 Å². The van der Waals surface area contributed by atoms with Crippen molar-refractivity contribution in [3.63, 3.8) is 0 Å². The molecule has 0 saturated carbocycles. The van der Waals surface area contributed by atoms with Crippen molar-refractivity contribution in [1.29, 1.82) is 0 Å². The maximum absolute atomic E-state index is 12.9. The third kappa shape index (κ3) is 7.51. The van der Waals surface area contributed by atoms with Gasteiger partial charge in [0, 0.05) is 38.0 Å². The lowest BCUT2D eigenvalue weighted by Gasteiger charge is -2.22. The molecule has 4 rings (SSSR count). The number of carbonyl (C=O) groups is 1. The Bertz CT molecular complexity index is 1290. The van der Waals surface area contributed by atoms with Gasteiger partial charge >= 0.3 is 0 Å². The SMILES string of the molecule is CCCCN(C)C(=O)c1cc(OC(=NCC)c2nncn2-c2ccc(CC3CCNCC3)cc2)c(O)cc1O.Cl. The monoisotopic (exact) mass is 570 g/mol. The first-order valence-corrected chi connectivity index (χ1v) is 13.6. The molecule has 2 aromatic carbocycles. The minimum absolute atomic E-state index is 0. The predicted octanol–water partition coefficient (Wildman–Crippen LogP) is 4.36. The summed E-state index contributed by atoms with van der Waals surface area (Å²) in [5, 5.41) is 32.6. The maximum Gasteiger partial charge on any atom is 0.261 e. The summed E-state index contributed by atoms with van der Waals surface area (Å²) in [5.74, 6) is 0.148. The number of benzene rings is 2.